The fourth-order valence-electron chi connectivity index (χ4n) is 0.877. The van der Waals surface area contributed by atoms with Gasteiger partial charge in [-0.05, 0) is 19.9 Å². The lowest BCUT2D eigenvalue weighted by molar-refractivity contribution is -0.117. The third-order valence-corrected chi connectivity index (χ3v) is 2.28. The van der Waals surface area contributed by atoms with Crippen LogP contribution in [-0.2, 0) is 14.9 Å². The summed E-state index contributed by atoms with van der Waals surface area (Å²) in [5.41, 5.74) is -1.00. The Hall–Kier alpha value is -0.880. The summed E-state index contributed by atoms with van der Waals surface area (Å²) in [6.07, 6.45) is 1.03. The van der Waals surface area contributed by atoms with E-state index in [1.807, 2.05) is 0 Å². The molecule has 0 aromatic rings. The van der Waals surface area contributed by atoms with Crippen LogP contribution in [0.3, 0.4) is 0 Å². The molecule has 0 spiro atoms. The van der Waals surface area contributed by atoms with Crippen LogP contribution in [0.2, 0.25) is 0 Å². The Bertz CT molecular complexity index is 310. The van der Waals surface area contributed by atoms with Crippen molar-refractivity contribution >= 4 is 16.0 Å². The van der Waals surface area contributed by atoms with Crippen LogP contribution >= 0.6 is 0 Å². The van der Waals surface area contributed by atoms with Crippen LogP contribution in [0.5, 0.6) is 0 Å². The highest BCUT2D eigenvalue weighted by molar-refractivity contribution is 7.85. The molecule has 78 valence electrons. The number of amides is 1. The first kappa shape index (κ1) is 12.1. The van der Waals surface area contributed by atoms with Crippen molar-refractivity contribution in [3.05, 3.63) is 12.7 Å². The average Bonchev–Trinajstić information content (AvgIpc) is 1.80. The molecule has 0 unspecified atom stereocenters. The van der Waals surface area contributed by atoms with Crippen LogP contribution in [0.15, 0.2) is 12.7 Å². The quantitative estimate of drug-likeness (QED) is 0.512. The molecule has 5 nitrogen and oxygen atoms in total. The van der Waals surface area contributed by atoms with Crippen LogP contribution < -0.4 is 5.32 Å². The van der Waals surface area contributed by atoms with E-state index in [1.54, 1.807) is 0 Å². The molecule has 0 heterocycles. The SMILES string of the molecule is C=CC(=O)NC(C)(C)CS(=O)(=O)O.[HH]. The molecule has 2 N–H and O–H groups in total. The summed E-state index contributed by atoms with van der Waals surface area (Å²) in [5.74, 6) is -1.01. The highest BCUT2D eigenvalue weighted by atomic mass is 32.2. The van der Waals surface area contributed by atoms with Gasteiger partial charge in [-0.25, -0.2) is 0 Å². The van der Waals surface area contributed by atoms with E-state index in [1.165, 1.54) is 13.8 Å². The van der Waals surface area contributed by atoms with E-state index in [9.17, 15) is 13.2 Å². The second kappa shape index (κ2) is 3.89. The molecule has 0 saturated carbocycles. The van der Waals surface area contributed by atoms with Gasteiger partial charge in [0.1, 0.15) is 0 Å². The standard InChI is InChI=1S/C7H13NO4S.H2/c1-4-6(9)8-7(2,3)5-13(10,11)12;/h4H,1,5H2,2-3H3,(H,8,9)(H,10,11,12);1H. The molecule has 13 heavy (non-hydrogen) atoms. The molecular formula is C7H15NO4S. The van der Waals surface area contributed by atoms with E-state index in [0.29, 0.717) is 0 Å². The van der Waals surface area contributed by atoms with Crippen LogP contribution in [0.1, 0.15) is 15.3 Å². The normalized spacial score (nSPS) is 12.2. The Morgan fingerprint density at radius 1 is 1.69 bits per heavy atom. The van der Waals surface area contributed by atoms with Crippen molar-refractivity contribution < 1.29 is 19.2 Å². The zero-order valence-electron chi connectivity index (χ0n) is 7.57. The van der Waals surface area contributed by atoms with Gasteiger partial charge in [0.25, 0.3) is 10.1 Å². The summed E-state index contributed by atoms with van der Waals surface area (Å²) in [6, 6.07) is 0. The Morgan fingerprint density at radius 3 is 2.46 bits per heavy atom. The predicted octanol–water partition coefficient (Wildman–Crippen LogP) is 0.201. The summed E-state index contributed by atoms with van der Waals surface area (Å²) >= 11 is 0. The van der Waals surface area contributed by atoms with Gasteiger partial charge in [0.05, 0.1) is 11.3 Å². The summed E-state index contributed by atoms with van der Waals surface area (Å²) in [4.78, 5) is 10.8. The Balaban J connectivity index is 0. The van der Waals surface area contributed by atoms with Crippen molar-refractivity contribution in [2.75, 3.05) is 5.75 Å². The number of hydrogen-bond acceptors (Lipinski definition) is 3. The van der Waals surface area contributed by atoms with E-state index in [2.05, 4.69) is 11.9 Å². The minimum Gasteiger partial charge on any atom is -0.347 e. The van der Waals surface area contributed by atoms with Gasteiger partial charge in [-0.2, -0.15) is 8.42 Å². The van der Waals surface area contributed by atoms with Crippen molar-refractivity contribution in [1.82, 2.24) is 5.32 Å². The monoisotopic (exact) mass is 209 g/mol. The largest absolute Gasteiger partial charge is 0.347 e. The average molecular weight is 209 g/mol. The summed E-state index contributed by atoms with van der Waals surface area (Å²) in [7, 11) is -4.08. The van der Waals surface area contributed by atoms with E-state index in [-0.39, 0.29) is 1.43 Å². The predicted molar refractivity (Wildman–Crippen MR) is 50.9 cm³/mol. The molecular weight excluding hydrogens is 194 g/mol. The van der Waals surface area contributed by atoms with Crippen molar-refractivity contribution in [2.24, 2.45) is 0 Å². The van der Waals surface area contributed by atoms with Crippen LogP contribution in [-0.4, -0.2) is 30.2 Å². The lowest BCUT2D eigenvalue weighted by Gasteiger charge is -2.23. The van der Waals surface area contributed by atoms with Gasteiger partial charge in [-0.3, -0.25) is 9.35 Å². The molecule has 0 aromatic heterocycles. The first-order chi connectivity index (χ1) is 5.66. The van der Waals surface area contributed by atoms with E-state index in [0.717, 1.165) is 6.08 Å². The topological polar surface area (TPSA) is 83.5 Å². The van der Waals surface area contributed by atoms with E-state index in [4.69, 9.17) is 4.55 Å². The van der Waals surface area contributed by atoms with E-state index < -0.39 is 27.3 Å². The van der Waals surface area contributed by atoms with Gasteiger partial charge in [0, 0.05) is 1.43 Å². The highest BCUT2D eigenvalue weighted by Gasteiger charge is 2.25. The summed E-state index contributed by atoms with van der Waals surface area (Å²) in [6.45, 7) is 6.19. The molecule has 0 bridgehead atoms. The molecule has 0 atom stereocenters. The third kappa shape index (κ3) is 6.30. The maximum absolute atomic E-state index is 10.8. The fraction of sp³-hybridized carbons (Fsp3) is 0.571. The van der Waals surface area contributed by atoms with Crippen molar-refractivity contribution in [2.45, 2.75) is 19.4 Å². The van der Waals surface area contributed by atoms with Crippen LogP contribution in [0.25, 0.3) is 0 Å². The number of nitrogens with one attached hydrogen (secondary N) is 1. The van der Waals surface area contributed by atoms with Crippen molar-refractivity contribution in [3.63, 3.8) is 0 Å². The lowest BCUT2D eigenvalue weighted by atomic mass is 10.1. The van der Waals surface area contributed by atoms with Crippen LogP contribution in [0.4, 0.5) is 0 Å². The van der Waals surface area contributed by atoms with Gasteiger partial charge in [0.2, 0.25) is 5.91 Å². The molecule has 0 aromatic carbocycles. The number of carbonyl (C=O) groups is 1. The second-order valence-electron chi connectivity index (χ2n) is 3.30. The zero-order chi connectivity index (χ0) is 10.7. The fourth-order valence-corrected chi connectivity index (χ4v) is 1.86. The second-order valence-corrected chi connectivity index (χ2v) is 4.76. The van der Waals surface area contributed by atoms with Crippen molar-refractivity contribution in [1.29, 1.82) is 0 Å². The molecule has 0 saturated heterocycles. The molecule has 0 radical (unpaired) electrons. The minimum absolute atomic E-state index is 0. The summed E-state index contributed by atoms with van der Waals surface area (Å²) < 4.78 is 29.5. The molecule has 0 aliphatic rings. The molecule has 0 fully saturated rings. The van der Waals surface area contributed by atoms with Gasteiger partial charge < -0.3 is 5.32 Å². The highest BCUT2D eigenvalue weighted by Crippen LogP contribution is 2.05. The maximum atomic E-state index is 10.8. The number of carbonyl (C=O) groups excluding carboxylic acids is 1. The van der Waals surface area contributed by atoms with Crippen molar-refractivity contribution in [3.8, 4) is 0 Å². The molecule has 1 amide bonds. The first-order valence-corrected chi connectivity index (χ1v) is 5.17. The maximum Gasteiger partial charge on any atom is 0.267 e. The van der Waals surface area contributed by atoms with E-state index >= 15 is 0 Å². The van der Waals surface area contributed by atoms with Gasteiger partial charge in [-0.15, -0.1) is 0 Å². The minimum atomic E-state index is -4.08. The number of rotatable bonds is 4. The third-order valence-electron chi connectivity index (χ3n) is 1.19. The Kier molecular flexibility index (Phi) is 3.62. The number of hydrogen-bond donors (Lipinski definition) is 2. The summed E-state index contributed by atoms with van der Waals surface area (Å²) in [5, 5.41) is 2.37. The Labute approximate surface area is 79.1 Å². The molecule has 0 rings (SSSR count). The lowest BCUT2D eigenvalue weighted by Crippen LogP contribution is -2.47. The first-order valence-electron chi connectivity index (χ1n) is 3.56. The van der Waals surface area contributed by atoms with Gasteiger partial charge in [-0.1, -0.05) is 6.58 Å². The molecule has 6 heteroatoms. The smallest absolute Gasteiger partial charge is 0.267 e. The zero-order valence-corrected chi connectivity index (χ0v) is 8.39. The van der Waals surface area contributed by atoms with Crippen LogP contribution in [0, 0.1) is 0 Å². The Morgan fingerprint density at radius 2 is 2.15 bits per heavy atom. The van der Waals surface area contributed by atoms with Gasteiger partial charge >= 0.3 is 0 Å². The molecule has 0 aliphatic heterocycles. The molecule has 0 aliphatic carbocycles. The van der Waals surface area contributed by atoms with Gasteiger partial charge in [0.15, 0.2) is 0 Å².